The van der Waals surface area contributed by atoms with Gasteiger partial charge >= 0.3 is 12.3 Å². The highest BCUT2D eigenvalue weighted by atomic mass is 19.4. The number of piperidine rings is 1. The van der Waals surface area contributed by atoms with Crippen molar-refractivity contribution in [1.82, 2.24) is 20.5 Å². The van der Waals surface area contributed by atoms with Crippen LogP contribution in [0.25, 0.3) is 11.1 Å². The van der Waals surface area contributed by atoms with Crippen LogP contribution >= 0.6 is 0 Å². The first-order chi connectivity index (χ1) is 21.8. The van der Waals surface area contributed by atoms with Gasteiger partial charge in [0, 0.05) is 19.3 Å². The predicted octanol–water partition coefficient (Wildman–Crippen LogP) is 6.86. The maximum absolute atomic E-state index is 13.6. The molecule has 2 N–H and O–H groups in total. The lowest BCUT2D eigenvalue weighted by molar-refractivity contribution is -0.137. The zero-order valence-corrected chi connectivity index (χ0v) is 26.6. The van der Waals surface area contributed by atoms with Crippen molar-refractivity contribution in [2.45, 2.75) is 76.9 Å². The summed E-state index contributed by atoms with van der Waals surface area (Å²) in [7, 11) is 0. The summed E-state index contributed by atoms with van der Waals surface area (Å²) >= 11 is 0. The summed E-state index contributed by atoms with van der Waals surface area (Å²) in [4.78, 5) is 32.2. The zero-order chi connectivity index (χ0) is 33.1. The van der Waals surface area contributed by atoms with Gasteiger partial charge in [-0.1, -0.05) is 30.3 Å². The van der Waals surface area contributed by atoms with Gasteiger partial charge in [-0.25, -0.2) is 4.79 Å². The number of alkyl halides is 3. The van der Waals surface area contributed by atoms with Crippen molar-refractivity contribution in [1.29, 1.82) is 0 Å². The molecule has 2 aromatic carbocycles. The van der Waals surface area contributed by atoms with Gasteiger partial charge in [0.05, 0.1) is 30.9 Å². The fraction of sp³-hybridized carbons (Fsp3) is 0.457. The van der Waals surface area contributed by atoms with E-state index < -0.39 is 23.4 Å². The number of pyridine rings is 1. The maximum Gasteiger partial charge on any atom is 0.416 e. The van der Waals surface area contributed by atoms with Crippen molar-refractivity contribution < 1.29 is 32.2 Å². The molecule has 0 bridgehead atoms. The van der Waals surface area contributed by atoms with Gasteiger partial charge in [-0.2, -0.15) is 13.2 Å². The summed E-state index contributed by atoms with van der Waals surface area (Å²) in [6.45, 7) is 10.6. The highest BCUT2D eigenvalue weighted by Crippen LogP contribution is 2.35. The Balaban J connectivity index is 1.27. The number of benzene rings is 2. The zero-order valence-electron chi connectivity index (χ0n) is 26.6. The molecule has 11 heteroatoms. The number of ether oxygens (including phenoxy) is 2. The molecule has 246 valence electrons. The van der Waals surface area contributed by atoms with E-state index in [0.29, 0.717) is 34.3 Å². The van der Waals surface area contributed by atoms with E-state index in [1.807, 2.05) is 19.1 Å². The van der Waals surface area contributed by atoms with E-state index in [1.165, 1.54) is 6.07 Å². The molecule has 46 heavy (non-hydrogen) atoms. The van der Waals surface area contributed by atoms with Gasteiger partial charge in [0.15, 0.2) is 0 Å². The minimum atomic E-state index is -4.53. The number of nitrogens with zero attached hydrogens (tertiary/aromatic N) is 2. The molecule has 0 spiro atoms. The van der Waals surface area contributed by atoms with Crippen LogP contribution in [0.4, 0.5) is 18.0 Å². The highest BCUT2D eigenvalue weighted by molar-refractivity contribution is 5.92. The molecular formula is C35H41F3N4O4. The molecule has 5 rings (SSSR count). The smallest absolute Gasteiger partial charge is 0.416 e. The second-order valence-electron chi connectivity index (χ2n) is 13.0. The van der Waals surface area contributed by atoms with Gasteiger partial charge in [0.2, 0.25) is 0 Å². The lowest BCUT2D eigenvalue weighted by Gasteiger charge is -2.42. The average Bonchev–Trinajstić information content (AvgIpc) is 2.98. The number of aromatic nitrogens is 1. The third-order valence-corrected chi connectivity index (χ3v) is 8.41. The number of alkyl carbamates (subject to hydrolysis) is 1. The molecule has 0 saturated carbocycles. The van der Waals surface area contributed by atoms with Crippen LogP contribution in [0.2, 0.25) is 0 Å². The SMILES string of the molecule is C[C@@H](NC(=O)c1cc(C2CCCN(C3COC3)C2)ccn1)c1ccc(-c2cc(C(F)(F)F)ccc2CNC(=O)OC(C)(C)C)cc1. The normalized spacial score (nSPS) is 18.4. The van der Waals surface area contributed by atoms with Crippen LogP contribution in [-0.4, -0.2) is 59.8 Å². The van der Waals surface area contributed by atoms with Crippen molar-refractivity contribution >= 4 is 12.0 Å². The second-order valence-corrected chi connectivity index (χ2v) is 13.0. The van der Waals surface area contributed by atoms with Crippen molar-refractivity contribution in [3.05, 3.63) is 88.7 Å². The first-order valence-corrected chi connectivity index (χ1v) is 15.6. The molecule has 2 aliphatic heterocycles. The largest absolute Gasteiger partial charge is 0.444 e. The molecule has 2 atom stereocenters. The van der Waals surface area contributed by atoms with Crippen LogP contribution < -0.4 is 10.6 Å². The fourth-order valence-corrected chi connectivity index (χ4v) is 5.83. The van der Waals surface area contributed by atoms with Gasteiger partial charge < -0.3 is 20.1 Å². The number of amides is 2. The van der Waals surface area contributed by atoms with Crippen molar-refractivity contribution in [3.8, 4) is 11.1 Å². The van der Waals surface area contributed by atoms with E-state index in [-0.39, 0.29) is 18.5 Å². The number of likely N-dealkylation sites (tertiary alicyclic amines) is 1. The Kier molecular flexibility index (Phi) is 10.0. The standard InChI is InChI=1S/C35H41F3N4O4/c1-22(41-32(43)31-16-25(13-14-39-31)27-6-5-15-42(19-27)29-20-45-21-29)23-7-9-24(10-8-23)30-17-28(35(36,37)38)12-11-26(30)18-40-33(44)46-34(2,3)4/h7-14,16-17,22,27,29H,5-6,15,18-21H2,1-4H3,(H,40,44)(H,41,43)/t22-,27?/m1/s1. The van der Waals surface area contributed by atoms with Gasteiger partial charge in [0.1, 0.15) is 11.3 Å². The van der Waals surface area contributed by atoms with E-state index in [9.17, 15) is 22.8 Å². The summed E-state index contributed by atoms with van der Waals surface area (Å²) in [6, 6.07) is 14.4. The molecule has 8 nitrogen and oxygen atoms in total. The first-order valence-electron chi connectivity index (χ1n) is 15.6. The van der Waals surface area contributed by atoms with Crippen molar-refractivity contribution in [2.75, 3.05) is 26.3 Å². The van der Waals surface area contributed by atoms with Crippen LogP contribution in [-0.2, 0) is 22.2 Å². The lowest BCUT2D eigenvalue weighted by Crippen LogP contribution is -2.52. The van der Waals surface area contributed by atoms with E-state index >= 15 is 0 Å². The molecule has 3 heterocycles. The highest BCUT2D eigenvalue weighted by Gasteiger charge is 2.32. The third kappa shape index (κ3) is 8.44. The molecule has 2 amide bonds. The summed E-state index contributed by atoms with van der Waals surface area (Å²) in [6.07, 6.45) is -1.36. The van der Waals surface area contributed by atoms with Crippen LogP contribution in [0.3, 0.4) is 0 Å². The second kappa shape index (κ2) is 13.8. The average molecular weight is 639 g/mol. The molecule has 0 radical (unpaired) electrons. The van der Waals surface area contributed by atoms with Crippen molar-refractivity contribution in [3.63, 3.8) is 0 Å². The molecule has 2 aliphatic rings. The quantitative estimate of drug-likeness (QED) is 0.280. The summed E-state index contributed by atoms with van der Waals surface area (Å²) in [5, 5.41) is 5.62. The topological polar surface area (TPSA) is 92.8 Å². The monoisotopic (exact) mass is 638 g/mol. The minimum absolute atomic E-state index is 0.0173. The molecule has 1 aromatic heterocycles. The number of carbonyl (C=O) groups is 2. The molecule has 3 aromatic rings. The number of rotatable bonds is 8. The van der Waals surface area contributed by atoms with Gasteiger partial charge in [-0.3, -0.25) is 14.7 Å². The Labute approximate surface area is 267 Å². The molecule has 2 saturated heterocycles. The van der Waals surface area contributed by atoms with E-state index in [2.05, 4.69) is 20.5 Å². The van der Waals surface area contributed by atoms with Crippen LogP contribution in [0.1, 0.15) is 85.2 Å². The number of hydrogen-bond acceptors (Lipinski definition) is 6. The minimum Gasteiger partial charge on any atom is -0.444 e. The van der Waals surface area contributed by atoms with Crippen molar-refractivity contribution in [2.24, 2.45) is 0 Å². The van der Waals surface area contributed by atoms with Crippen LogP contribution in [0, 0.1) is 0 Å². The molecule has 0 aliphatic carbocycles. The molecule has 2 fully saturated rings. The third-order valence-electron chi connectivity index (χ3n) is 8.41. The van der Waals surface area contributed by atoms with Crippen LogP contribution in [0.15, 0.2) is 60.8 Å². The van der Waals surface area contributed by atoms with Gasteiger partial charge in [-0.05, 0) is 105 Å². The summed E-state index contributed by atoms with van der Waals surface area (Å²) in [5.74, 6) is 0.0285. The lowest BCUT2D eigenvalue weighted by atomic mass is 9.89. The molecular weight excluding hydrogens is 597 g/mol. The Morgan fingerprint density at radius 1 is 1.07 bits per heavy atom. The fourth-order valence-electron chi connectivity index (χ4n) is 5.83. The van der Waals surface area contributed by atoms with Gasteiger partial charge in [-0.15, -0.1) is 0 Å². The Morgan fingerprint density at radius 3 is 2.46 bits per heavy atom. The molecule has 1 unspecified atom stereocenters. The summed E-state index contributed by atoms with van der Waals surface area (Å²) in [5.41, 5.74) is 2.09. The Hall–Kier alpha value is -3.96. The number of nitrogens with one attached hydrogen (secondary N) is 2. The van der Waals surface area contributed by atoms with E-state index in [4.69, 9.17) is 9.47 Å². The van der Waals surface area contributed by atoms with E-state index in [1.54, 1.807) is 51.2 Å². The Bertz CT molecular complexity index is 1530. The van der Waals surface area contributed by atoms with E-state index in [0.717, 1.165) is 62.4 Å². The van der Waals surface area contributed by atoms with Crippen LogP contribution in [0.5, 0.6) is 0 Å². The predicted molar refractivity (Wildman–Crippen MR) is 168 cm³/mol. The Morgan fingerprint density at radius 2 is 1.80 bits per heavy atom. The maximum atomic E-state index is 13.6. The first kappa shape index (κ1) is 33.4. The number of halogens is 3. The number of carbonyl (C=O) groups excluding carboxylic acids is 2. The summed E-state index contributed by atoms with van der Waals surface area (Å²) < 4.78 is 51.4. The van der Waals surface area contributed by atoms with Gasteiger partial charge in [0.25, 0.3) is 5.91 Å². The number of hydrogen-bond donors (Lipinski definition) is 2.